The Morgan fingerprint density at radius 3 is 2.42 bits per heavy atom. The van der Waals surface area contributed by atoms with Crippen LogP contribution < -0.4 is 16.4 Å². The molecule has 5 unspecified atom stereocenters. The fraction of sp³-hybridized carbons (Fsp3) is 0.600. The molecule has 0 saturated carbocycles. The minimum Gasteiger partial charge on any atom is -0.508 e. The Labute approximate surface area is 216 Å². The quantitative estimate of drug-likeness (QED) is 0.257. The molecule has 1 aromatic rings. The van der Waals surface area contributed by atoms with Gasteiger partial charge in [-0.05, 0) is 61.3 Å². The van der Waals surface area contributed by atoms with Gasteiger partial charge in [0.2, 0.25) is 17.7 Å². The second-order valence-corrected chi connectivity index (χ2v) is 10.2. The van der Waals surface area contributed by atoms with Crippen LogP contribution in [0.15, 0.2) is 24.3 Å². The highest BCUT2D eigenvalue weighted by Crippen LogP contribution is 2.21. The number of hydrogen-bond donors (Lipinski definition) is 5. The van der Waals surface area contributed by atoms with Crippen LogP contribution >= 0.6 is 11.8 Å². The average Bonchev–Trinajstić information content (AvgIpc) is 3.35. The highest BCUT2D eigenvalue weighted by molar-refractivity contribution is 7.98. The maximum Gasteiger partial charge on any atom is 0.326 e. The third-order valence-electron chi connectivity index (χ3n) is 6.57. The third-order valence-corrected chi connectivity index (χ3v) is 7.21. The standard InChI is InChI=1S/C25H38N4O6S/c1-4-15(2)21(24(33)29-12-5-6-20(29)25(34)35)28-23(32)19(11-13-36-3)27-22(31)18(26)14-16-7-9-17(30)10-8-16/h7-10,15,18-21,30H,4-6,11-14,26H2,1-3H3,(H,27,31)(H,28,32)(H,34,35). The van der Waals surface area contributed by atoms with Crippen molar-refractivity contribution in [1.82, 2.24) is 15.5 Å². The first-order chi connectivity index (χ1) is 17.1. The van der Waals surface area contributed by atoms with E-state index in [0.29, 0.717) is 38.0 Å². The Morgan fingerprint density at radius 2 is 1.83 bits per heavy atom. The van der Waals surface area contributed by atoms with Crippen molar-refractivity contribution >= 4 is 35.5 Å². The molecule has 0 aromatic heterocycles. The third kappa shape index (κ3) is 8.12. The van der Waals surface area contributed by atoms with Gasteiger partial charge in [-0.2, -0.15) is 11.8 Å². The molecule has 1 aliphatic heterocycles. The first kappa shape index (κ1) is 29.4. The van der Waals surface area contributed by atoms with Gasteiger partial charge >= 0.3 is 5.97 Å². The summed E-state index contributed by atoms with van der Waals surface area (Å²) in [6.07, 6.45) is 4.03. The second kappa shape index (κ2) is 14.1. The van der Waals surface area contributed by atoms with Crippen molar-refractivity contribution in [3.8, 4) is 5.75 Å². The normalized spacial score (nSPS) is 18.7. The molecule has 0 spiro atoms. The molecule has 2 rings (SSSR count). The summed E-state index contributed by atoms with van der Waals surface area (Å²) < 4.78 is 0. The number of carboxylic acids is 1. The number of nitrogens with zero attached hydrogens (tertiary/aromatic N) is 1. The van der Waals surface area contributed by atoms with Gasteiger partial charge in [-0.3, -0.25) is 14.4 Å². The minimum absolute atomic E-state index is 0.111. The Balaban J connectivity index is 2.12. The molecule has 11 heteroatoms. The van der Waals surface area contributed by atoms with Crippen LogP contribution in [0.2, 0.25) is 0 Å². The van der Waals surface area contributed by atoms with E-state index in [9.17, 15) is 29.4 Å². The molecule has 1 heterocycles. The van der Waals surface area contributed by atoms with E-state index in [1.54, 1.807) is 12.1 Å². The maximum absolute atomic E-state index is 13.3. The van der Waals surface area contributed by atoms with E-state index < -0.39 is 47.9 Å². The van der Waals surface area contributed by atoms with Crippen LogP contribution in [0.1, 0.15) is 45.1 Å². The van der Waals surface area contributed by atoms with Gasteiger partial charge in [-0.15, -0.1) is 0 Å². The average molecular weight is 523 g/mol. The molecule has 1 aromatic carbocycles. The lowest BCUT2D eigenvalue weighted by Gasteiger charge is -2.31. The summed E-state index contributed by atoms with van der Waals surface area (Å²) in [6.45, 7) is 4.06. The summed E-state index contributed by atoms with van der Waals surface area (Å²) in [6, 6.07) is 2.76. The van der Waals surface area contributed by atoms with Gasteiger partial charge in [0.1, 0.15) is 23.9 Å². The smallest absolute Gasteiger partial charge is 0.326 e. The van der Waals surface area contributed by atoms with Crippen molar-refractivity contribution in [3.05, 3.63) is 29.8 Å². The van der Waals surface area contributed by atoms with Crippen LogP contribution in [0.4, 0.5) is 0 Å². The predicted molar refractivity (Wildman–Crippen MR) is 138 cm³/mol. The predicted octanol–water partition coefficient (Wildman–Crippen LogP) is 1.11. The second-order valence-electron chi connectivity index (χ2n) is 9.22. The summed E-state index contributed by atoms with van der Waals surface area (Å²) in [5.74, 6) is -1.99. The molecule has 0 bridgehead atoms. The number of amides is 3. The van der Waals surface area contributed by atoms with Crippen LogP contribution in [0.25, 0.3) is 0 Å². The number of aromatic hydroxyl groups is 1. The number of carbonyl (C=O) groups excluding carboxylic acids is 3. The number of nitrogens with two attached hydrogens (primary N) is 1. The number of likely N-dealkylation sites (tertiary alicyclic amines) is 1. The Kier molecular flexibility index (Phi) is 11.5. The van der Waals surface area contributed by atoms with Crippen molar-refractivity contribution < 1.29 is 29.4 Å². The van der Waals surface area contributed by atoms with Crippen LogP contribution in [0.3, 0.4) is 0 Å². The molecule has 3 amide bonds. The highest BCUT2D eigenvalue weighted by atomic mass is 32.2. The maximum atomic E-state index is 13.3. The molecule has 1 saturated heterocycles. The number of carbonyl (C=O) groups is 4. The van der Waals surface area contributed by atoms with E-state index in [4.69, 9.17) is 5.73 Å². The van der Waals surface area contributed by atoms with Crippen molar-refractivity contribution in [1.29, 1.82) is 0 Å². The van der Waals surface area contributed by atoms with E-state index in [1.807, 2.05) is 20.1 Å². The van der Waals surface area contributed by atoms with Gasteiger partial charge in [0.05, 0.1) is 6.04 Å². The number of aliphatic carboxylic acids is 1. The summed E-state index contributed by atoms with van der Waals surface area (Å²) >= 11 is 1.52. The molecule has 0 aliphatic carbocycles. The molecule has 1 aliphatic rings. The SMILES string of the molecule is CCC(C)C(NC(=O)C(CCSC)NC(=O)C(N)Cc1ccc(O)cc1)C(=O)N1CCCC1C(=O)O. The van der Waals surface area contributed by atoms with Gasteiger partial charge < -0.3 is 31.5 Å². The largest absolute Gasteiger partial charge is 0.508 e. The van der Waals surface area contributed by atoms with E-state index in [2.05, 4.69) is 10.6 Å². The molecule has 36 heavy (non-hydrogen) atoms. The number of benzene rings is 1. The summed E-state index contributed by atoms with van der Waals surface area (Å²) in [5.41, 5.74) is 6.85. The topological polar surface area (TPSA) is 162 Å². The van der Waals surface area contributed by atoms with Gasteiger partial charge in [0.15, 0.2) is 0 Å². The molecule has 200 valence electrons. The van der Waals surface area contributed by atoms with Gasteiger partial charge in [0.25, 0.3) is 0 Å². The first-order valence-electron chi connectivity index (χ1n) is 12.2. The number of phenolic OH excluding ortho intramolecular Hbond substituents is 1. The Hall–Kier alpha value is -2.79. The first-order valence-corrected chi connectivity index (χ1v) is 13.6. The molecule has 10 nitrogen and oxygen atoms in total. The molecule has 6 N–H and O–H groups in total. The molecular formula is C25H38N4O6S. The summed E-state index contributed by atoms with van der Waals surface area (Å²) in [5, 5.41) is 24.4. The highest BCUT2D eigenvalue weighted by Gasteiger charge is 2.39. The lowest BCUT2D eigenvalue weighted by molar-refractivity contribution is -0.150. The fourth-order valence-corrected chi connectivity index (χ4v) is 4.64. The van der Waals surface area contributed by atoms with E-state index in [0.717, 1.165) is 5.56 Å². The monoisotopic (exact) mass is 522 g/mol. The van der Waals surface area contributed by atoms with E-state index in [-0.39, 0.29) is 18.1 Å². The van der Waals surface area contributed by atoms with Crippen molar-refractivity contribution in [2.75, 3.05) is 18.6 Å². The van der Waals surface area contributed by atoms with E-state index >= 15 is 0 Å². The summed E-state index contributed by atoms with van der Waals surface area (Å²) in [4.78, 5) is 52.3. The summed E-state index contributed by atoms with van der Waals surface area (Å²) in [7, 11) is 0. The number of carboxylic acid groups (broad SMARTS) is 1. The number of phenols is 1. The lowest BCUT2D eigenvalue weighted by Crippen LogP contribution is -2.59. The molecule has 1 fully saturated rings. The molecular weight excluding hydrogens is 484 g/mol. The Morgan fingerprint density at radius 1 is 1.17 bits per heavy atom. The van der Waals surface area contributed by atoms with Crippen molar-refractivity contribution in [2.24, 2.45) is 11.7 Å². The van der Waals surface area contributed by atoms with Gasteiger partial charge in [-0.25, -0.2) is 4.79 Å². The molecule has 5 atom stereocenters. The van der Waals surface area contributed by atoms with E-state index in [1.165, 1.54) is 28.8 Å². The number of nitrogens with one attached hydrogen (secondary N) is 2. The number of hydrogen-bond acceptors (Lipinski definition) is 7. The zero-order valence-electron chi connectivity index (χ0n) is 21.1. The number of thioether (sulfide) groups is 1. The van der Waals surface area contributed by atoms with Crippen LogP contribution in [0.5, 0.6) is 5.75 Å². The van der Waals surface area contributed by atoms with Gasteiger partial charge in [-0.1, -0.05) is 32.4 Å². The van der Waals surface area contributed by atoms with Crippen LogP contribution in [0, 0.1) is 5.92 Å². The Bertz CT molecular complexity index is 912. The minimum atomic E-state index is -1.05. The lowest BCUT2D eigenvalue weighted by atomic mass is 9.96. The zero-order valence-corrected chi connectivity index (χ0v) is 21.9. The zero-order chi connectivity index (χ0) is 26.8. The van der Waals surface area contributed by atoms with Crippen molar-refractivity contribution in [3.63, 3.8) is 0 Å². The molecule has 0 radical (unpaired) electrons. The van der Waals surface area contributed by atoms with Crippen LogP contribution in [-0.4, -0.2) is 81.5 Å². The number of rotatable bonds is 13. The van der Waals surface area contributed by atoms with Crippen molar-refractivity contribution in [2.45, 2.75) is 70.1 Å². The fourth-order valence-electron chi connectivity index (χ4n) is 4.16. The van der Waals surface area contributed by atoms with Crippen LogP contribution in [-0.2, 0) is 25.6 Å². The van der Waals surface area contributed by atoms with Gasteiger partial charge in [0, 0.05) is 6.54 Å².